The molecule has 1 aliphatic carbocycles. The molecule has 0 spiro atoms. The molecule has 2 aliphatic heterocycles. The van der Waals surface area contributed by atoms with Gasteiger partial charge in [-0.15, -0.1) is 0 Å². The van der Waals surface area contributed by atoms with Crippen LogP contribution in [0.3, 0.4) is 0 Å². The van der Waals surface area contributed by atoms with Crippen LogP contribution in [-0.2, 0) is 9.47 Å². The molecule has 3 fully saturated rings. The second-order valence-corrected chi connectivity index (χ2v) is 8.98. The van der Waals surface area contributed by atoms with Crippen molar-refractivity contribution in [2.24, 2.45) is 5.92 Å². The molecule has 7 heteroatoms. The van der Waals surface area contributed by atoms with Gasteiger partial charge in [-0.05, 0) is 43.2 Å². The van der Waals surface area contributed by atoms with E-state index in [1.807, 2.05) is 30.3 Å². The van der Waals surface area contributed by atoms with Gasteiger partial charge in [-0.25, -0.2) is 9.97 Å². The van der Waals surface area contributed by atoms with E-state index in [1.54, 1.807) is 13.3 Å². The number of anilines is 1. The zero-order valence-corrected chi connectivity index (χ0v) is 18.2. The largest absolute Gasteiger partial charge is 0.497 e. The Morgan fingerprint density at radius 1 is 1.03 bits per heavy atom. The van der Waals surface area contributed by atoms with Gasteiger partial charge in [-0.3, -0.25) is 0 Å². The summed E-state index contributed by atoms with van der Waals surface area (Å²) >= 11 is 0. The van der Waals surface area contributed by atoms with Gasteiger partial charge >= 0.3 is 0 Å². The fourth-order valence-corrected chi connectivity index (χ4v) is 5.16. The number of fused-ring (bicyclic) bond motifs is 1. The summed E-state index contributed by atoms with van der Waals surface area (Å²) in [4.78, 5) is 9.14. The maximum absolute atomic E-state index is 6.17. The molecule has 0 unspecified atom stereocenters. The first kappa shape index (κ1) is 20.7. The number of ether oxygens (including phenoxy) is 3. The lowest BCUT2D eigenvalue weighted by molar-refractivity contribution is -0.698. The number of aromatic nitrogens is 2. The van der Waals surface area contributed by atoms with Crippen molar-refractivity contribution in [3.63, 3.8) is 0 Å². The molecule has 2 saturated heterocycles. The van der Waals surface area contributed by atoms with Gasteiger partial charge in [0.05, 0.1) is 32.0 Å². The average Bonchev–Trinajstić information content (AvgIpc) is 3.42. The molecule has 1 saturated carbocycles. The summed E-state index contributed by atoms with van der Waals surface area (Å²) in [6.45, 7) is 2.58. The van der Waals surface area contributed by atoms with Gasteiger partial charge in [0.15, 0.2) is 0 Å². The van der Waals surface area contributed by atoms with Crippen LogP contribution in [0.25, 0.3) is 11.3 Å². The molecular formula is C24H33N4O3+. The van der Waals surface area contributed by atoms with Crippen molar-refractivity contribution in [2.45, 2.75) is 56.4 Å². The molecule has 3 heterocycles. The third kappa shape index (κ3) is 4.68. The number of nitrogens with one attached hydrogen (secondary N) is 1. The van der Waals surface area contributed by atoms with E-state index in [9.17, 15) is 0 Å². The first-order chi connectivity index (χ1) is 15.3. The molecular weight excluding hydrogens is 392 g/mol. The van der Waals surface area contributed by atoms with E-state index in [2.05, 4.69) is 15.6 Å². The average molecular weight is 426 g/mol. The summed E-state index contributed by atoms with van der Waals surface area (Å²) in [6.07, 6.45) is 8.94. The molecule has 3 aliphatic rings. The zero-order chi connectivity index (χ0) is 21.0. The van der Waals surface area contributed by atoms with Crippen molar-refractivity contribution in [3.8, 4) is 17.0 Å². The third-order valence-corrected chi connectivity index (χ3v) is 6.94. The minimum Gasteiger partial charge on any atom is -0.497 e. The van der Waals surface area contributed by atoms with Gasteiger partial charge in [0.1, 0.15) is 30.6 Å². The van der Waals surface area contributed by atoms with Crippen LogP contribution >= 0.6 is 0 Å². The van der Waals surface area contributed by atoms with Crippen molar-refractivity contribution < 1.29 is 19.5 Å². The molecule has 1 aromatic heterocycles. The zero-order valence-electron chi connectivity index (χ0n) is 18.2. The Kier molecular flexibility index (Phi) is 6.34. The number of rotatable bonds is 7. The number of hydrogen-bond acceptors (Lipinski definition) is 6. The molecule has 3 N–H and O–H groups in total. The van der Waals surface area contributed by atoms with Crippen LogP contribution in [0.5, 0.6) is 5.75 Å². The minimum absolute atomic E-state index is 0.0563. The lowest BCUT2D eigenvalue weighted by atomic mass is 9.89. The summed E-state index contributed by atoms with van der Waals surface area (Å²) in [5.74, 6) is 2.30. The SMILES string of the molecule is COc1ccc(-c2ccnc(N[C@H]3CO[C@H]4[C@@H]3OC[C@@H]4[NH2+]CC3CCCCC3)n2)cc1. The van der Waals surface area contributed by atoms with Crippen LogP contribution in [0.2, 0.25) is 0 Å². The van der Waals surface area contributed by atoms with Crippen molar-refractivity contribution in [2.75, 3.05) is 32.2 Å². The predicted molar refractivity (Wildman–Crippen MR) is 118 cm³/mol. The van der Waals surface area contributed by atoms with E-state index < -0.39 is 0 Å². The Labute approximate surface area is 183 Å². The quantitative estimate of drug-likeness (QED) is 0.708. The first-order valence-electron chi connectivity index (χ1n) is 11.6. The van der Waals surface area contributed by atoms with Crippen molar-refractivity contribution in [1.29, 1.82) is 0 Å². The number of benzene rings is 1. The van der Waals surface area contributed by atoms with Crippen molar-refractivity contribution in [1.82, 2.24) is 9.97 Å². The lowest BCUT2D eigenvalue weighted by Crippen LogP contribution is -2.93. The molecule has 7 nitrogen and oxygen atoms in total. The molecule has 4 atom stereocenters. The summed E-state index contributed by atoms with van der Waals surface area (Å²) in [5, 5.41) is 5.94. The number of nitrogens with two attached hydrogens (primary N) is 1. The molecule has 0 radical (unpaired) electrons. The number of hydrogen-bond donors (Lipinski definition) is 2. The summed E-state index contributed by atoms with van der Waals surface area (Å²) in [7, 11) is 1.67. The topological polar surface area (TPSA) is 82.1 Å². The normalized spacial score (nSPS) is 28.4. The molecule has 1 aromatic carbocycles. The maximum atomic E-state index is 6.17. The van der Waals surface area contributed by atoms with Gasteiger partial charge in [0.2, 0.25) is 5.95 Å². The third-order valence-electron chi connectivity index (χ3n) is 6.94. The van der Waals surface area contributed by atoms with E-state index >= 15 is 0 Å². The van der Waals surface area contributed by atoms with Crippen LogP contribution in [0.15, 0.2) is 36.5 Å². The monoisotopic (exact) mass is 425 g/mol. The summed E-state index contributed by atoms with van der Waals surface area (Å²) in [6, 6.07) is 10.3. The second-order valence-electron chi connectivity index (χ2n) is 8.98. The highest BCUT2D eigenvalue weighted by Gasteiger charge is 2.50. The number of nitrogens with zero attached hydrogens (tertiary/aromatic N) is 2. The van der Waals surface area contributed by atoms with E-state index in [1.165, 1.54) is 38.6 Å². The highest BCUT2D eigenvalue weighted by molar-refractivity contribution is 5.61. The Morgan fingerprint density at radius 3 is 2.65 bits per heavy atom. The Balaban J connectivity index is 1.18. The maximum Gasteiger partial charge on any atom is 0.223 e. The van der Waals surface area contributed by atoms with E-state index in [0.29, 0.717) is 18.6 Å². The van der Waals surface area contributed by atoms with Crippen molar-refractivity contribution >= 4 is 5.95 Å². The standard InChI is InChI=1S/C24H32N4O3/c1-29-18-9-7-17(8-10-18)19-11-12-25-24(27-19)28-21-15-31-22-20(14-30-23(21)22)26-13-16-5-3-2-4-6-16/h7-12,16,20-23,26H,2-6,13-15H2,1H3,(H,25,27,28)/p+1/t20-,21-,22+,23+/m0/s1. The van der Waals surface area contributed by atoms with E-state index in [0.717, 1.165) is 29.5 Å². The van der Waals surface area contributed by atoms with Crippen molar-refractivity contribution in [3.05, 3.63) is 36.5 Å². The molecule has 2 aromatic rings. The number of methoxy groups -OCH3 is 1. The van der Waals surface area contributed by atoms with Crippen LogP contribution in [0.4, 0.5) is 5.95 Å². The molecule has 166 valence electrons. The van der Waals surface area contributed by atoms with Gasteiger partial charge in [0.25, 0.3) is 0 Å². The molecule has 0 bridgehead atoms. The Morgan fingerprint density at radius 2 is 1.84 bits per heavy atom. The highest BCUT2D eigenvalue weighted by Crippen LogP contribution is 2.28. The molecule has 5 rings (SSSR count). The van der Waals surface area contributed by atoms with Crippen LogP contribution in [-0.4, -0.2) is 61.1 Å². The van der Waals surface area contributed by atoms with Crippen LogP contribution in [0, 0.1) is 5.92 Å². The fraction of sp³-hybridized carbons (Fsp3) is 0.583. The fourth-order valence-electron chi connectivity index (χ4n) is 5.16. The van der Waals surface area contributed by atoms with Gasteiger partial charge in [-0.2, -0.15) is 0 Å². The number of quaternary nitrogens is 1. The summed E-state index contributed by atoms with van der Waals surface area (Å²) in [5.41, 5.74) is 1.91. The molecule has 31 heavy (non-hydrogen) atoms. The van der Waals surface area contributed by atoms with Gasteiger partial charge < -0.3 is 24.8 Å². The van der Waals surface area contributed by atoms with Gasteiger partial charge in [0, 0.05) is 17.7 Å². The highest BCUT2D eigenvalue weighted by atomic mass is 16.6. The minimum atomic E-state index is 0.0563. The molecule has 0 amide bonds. The Hall–Kier alpha value is -2.22. The van der Waals surface area contributed by atoms with Crippen LogP contribution < -0.4 is 15.4 Å². The summed E-state index contributed by atoms with van der Waals surface area (Å²) < 4.78 is 17.6. The second kappa shape index (κ2) is 9.51. The van der Waals surface area contributed by atoms with E-state index in [-0.39, 0.29) is 18.2 Å². The first-order valence-corrected chi connectivity index (χ1v) is 11.6. The van der Waals surface area contributed by atoms with Gasteiger partial charge in [-0.1, -0.05) is 19.3 Å². The van der Waals surface area contributed by atoms with E-state index in [4.69, 9.17) is 19.2 Å². The van der Waals surface area contributed by atoms with Crippen LogP contribution in [0.1, 0.15) is 32.1 Å². The predicted octanol–water partition coefficient (Wildman–Crippen LogP) is 2.24. The smallest absolute Gasteiger partial charge is 0.223 e. The Bertz CT molecular complexity index is 856. The lowest BCUT2D eigenvalue weighted by Gasteiger charge is -2.22.